The molecule has 0 radical (unpaired) electrons. The first kappa shape index (κ1) is 21.8. The highest BCUT2D eigenvalue weighted by atomic mass is 16.5. The van der Waals surface area contributed by atoms with Crippen molar-refractivity contribution in [3.63, 3.8) is 0 Å². The number of ether oxygens (including phenoxy) is 1. The minimum Gasteiger partial charge on any atom is -0.371 e. The molecule has 2 aliphatic carbocycles. The molecule has 1 aromatic carbocycles. The van der Waals surface area contributed by atoms with Gasteiger partial charge in [-0.15, -0.1) is 0 Å². The molecule has 3 aliphatic rings. The molecule has 1 aliphatic heterocycles. The first-order chi connectivity index (χ1) is 15.1. The summed E-state index contributed by atoms with van der Waals surface area (Å²) in [5, 5.41) is 3.16. The summed E-state index contributed by atoms with van der Waals surface area (Å²) in [7, 11) is 0. The van der Waals surface area contributed by atoms with Crippen LogP contribution in [-0.2, 0) is 20.9 Å². The lowest BCUT2D eigenvalue weighted by atomic mass is 9.95. The zero-order chi connectivity index (χ0) is 21.6. The molecule has 5 heteroatoms. The van der Waals surface area contributed by atoms with Gasteiger partial charge in [-0.05, 0) is 55.6 Å². The standard InChI is InChI=1S/C26H34N2O3/c1-19-8-5-11-21(16-19)18-31-24-14-6-13-23(24)27-25(29)22-12-7-15-28(26(22)30)17-20-9-3-2-4-10-20/h2-5,9-11,16,19,22-24H,6-8,12-15,17-18H2,1H3,(H,27,29)/t19?,22?,23-,24-/m0/s1. The molecule has 4 atom stereocenters. The third kappa shape index (κ3) is 5.65. The summed E-state index contributed by atoms with van der Waals surface area (Å²) in [6, 6.07) is 9.97. The fourth-order valence-electron chi connectivity index (χ4n) is 4.94. The van der Waals surface area contributed by atoms with Gasteiger partial charge in [0.2, 0.25) is 11.8 Å². The Kier molecular flexibility index (Phi) is 7.23. The highest BCUT2D eigenvalue weighted by molar-refractivity contribution is 6.00. The van der Waals surface area contributed by atoms with Gasteiger partial charge in [0, 0.05) is 13.1 Å². The smallest absolute Gasteiger partial charge is 0.235 e. The van der Waals surface area contributed by atoms with Crippen molar-refractivity contribution < 1.29 is 14.3 Å². The second-order valence-electron chi connectivity index (χ2n) is 9.19. The topological polar surface area (TPSA) is 58.6 Å². The third-order valence-electron chi connectivity index (χ3n) is 6.65. The molecule has 2 fully saturated rings. The lowest BCUT2D eigenvalue weighted by molar-refractivity contribution is -0.146. The van der Waals surface area contributed by atoms with Gasteiger partial charge >= 0.3 is 0 Å². The van der Waals surface area contributed by atoms with Crippen molar-refractivity contribution in [2.45, 2.75) is 64.1 Å². The lowest BCUT2D eigenvalue weighted by Gasteiger charge is -2.33. The monoisotopic (exact) mass is 422 g/mol. The van der Waals surface area contributed by atoms with Crippen LogP contribution in [0.1, 0.15) is 51.0 Å². The van der Waals surface area contributed by atoms with E-state index in [-0.39, 0.29) is 24.0 Å². The van der Waals surface area contributed by atoms with Gasteiger partial charge in [0.05, 0.1) is 18.8 Å². The number of likely N-dealkylation sites (tertiary alicyclic amines) is 1. The van der Waals surface area contributed by atoms with Crippen molar-refractivity contribution in [3.05, 3.63) is 59.7 Å². The molecule has 5 nitrogen and oxygen atoms in total. The van der Waals surface area contributed by atoms with Gasteiger partial charge in [-0.25, -0.2) is 0 Å². The van der Waals surface area contributed by atoms with Gasteiger partial charge in [0.1, 0.15) is 5.92 Å². The number of amides is 2. The predicted molar refractivity (Wildman–Crippen MR) is 121 cm³/mol. The molecule has 4 rings (SSSR count). The van der Waals surface area contributed by atoms with E-state index in [1.807, 2.05) is 35.2 Å². The van der Waals surface area contributed by atoms with Crippen LogP contribution < -0.4 is 5.32 Å². The van der Waals surface area contributed by atoms with Gasteiger partial charge in [0.25, 0.3) is 0 Å². The average molecular weight is 423 g/mol. The Morgan fingerprint density at radius 3 is 2.81 bits per heavy atom. The van der Waals surface area contributed by atoms with E-state index < -0.39 is 5.92 Å². The van der Waals surface area contributed by atoms with Crippen molar-refractivity contribution in [1.82, 2.24) is 10.2 Å². The van der Waals surface area contributed by atoms with Crippen LogP contribution in [0.15, 0.2) is 54.1 Å². The summed E-state index contributed by atoms with van der Waals surface area (Å²) < 4.78 is 6.19. The SMILES string of the molecule is CC1C=C(CO[C@H]2CCC[C@@H]2NC(=O)C2CCCN(Cc3ccccc3)C2=O)C=CC1. The second-order valence-corrected chi connectivity index (χ2v) is 9.19. The lowest BCUT2D eigenvalue weighted by Crippen LogP contribution is -2.50. The Morgan fingerprint density at radius 1 is 1.16 bits per heavy atom. The zero-order valence-electron chi connectivity index (χ0n) is 18.5. The third-order valence-corrected chi connectivity index (χ3v) is 6.65. The molecular weight excluding hydrogens is 388 g/mol. The second kappa shape index (κ2) is 10.3. The number of carbonyl (C=O) groups excluding carboxylic acids is 2. The number of hydrogen-bond donors (Lipinski definition) is 1. The zero-order valence-corrected chi connectivity index (χ0v) is 18.5. The molecule has 1 aromatic rings. The van der Waals surface area contributed by atoms with Crippen LogP contribution in [-0.4, -0.2) is 42.0 Å². The molecule has 2 amide bonds. The summed E-state index contributed by atoms with van der Waals surface area (Å²) in [5.74, 6) is -0.203. The van der Waals surface area contributed by atoms with E-state index in [1.165, 1.54) is 5.57 Å². The Bertz CT molecular complexity index is 832. The minimum absolute atomic E-state index is 0.00427. The van der Waals surface area contributed by atoms with Crippen LogP contribution in [0.4, 0.5) is 0 Å². The highest BCUT2D eigenvalue weighted by Crippen LogP contribution is 2.26. The molecular formula is C26H34N2O3. The predicted octanol–water partition coefficient (Wildman–Crippen LogP) is 4.00. The van der Waals surface area contributed by atoms with Crippen molar-refractivity contribution in [2.24, 2.45) is 11.8 Å². The number of benzene rings is 1. The van der Waals surface area contributed by atoms with E-state index in [0.717, 1.165) is 37.7 Å². The van der Waals surface area contributed by atoms with Gasteiger partial charge in [-0.1, -0.05) is 55.5 Å². The van der Waals surface area contributed by atoms with Crippen molar-refractivity contribution in [2.75, 3.05) is 13.2 Å². The Labute approximate surface area is 185 Å². The number of nitrogens with zero attached hydrogens (tertiary/aromatic N) is 1. The molecule has 0 bridgehead atoms. The van der Waals surface area contributed by atoms with E-state index in [0.29, 0.717) is 32.0 Å². The van der Waals surface area contributed by atoms with Gasteiger partial charge in [-0.2, -0.15) is 0 Å². The van der Waals surface area contributed by atoms with Crippen LogP contribution in [0.25, 0.3) is 0 Å². The number of nitrogens with one attached hydrogen (secondary N) is 1. The Balaban J connectivity index is 1.31. The molecule has 0 spiro atoms. The number of piperidine rings is 1. The molecule has 166 valence electrons. The Morgan fingerprint density at radius 2 is 2.00 bits per heavy atom. The quantitative estimate of drug-likeness (QED) is 0.676. The number of rotatable bonds is 7. The minimum atomic E-state index is -0.580. The Hall–Kier alpha value is -2.40. The van der Waals surface area contributed by atoms with E-state index in [2.05, 4.69) is 30.5 Å². The van der Waals surface area contributed by atoms with Gasteiger partial charge in [-0.3, -0.25) is 9.59 Å². The van der Waals surface area contributed by atoms with Crippen LogP contribution >= 0.6 is 0 Å². The number of hydrogen-bond acceptors (Lipinski definition) is 3. The normalized spacial score (nSPS) is 28.5. The fourth-order valence-corrected chi connectivity index (χ4v) is 4.94. The van der Waals surface area contributed by atoms with Crippen LogP contribution in [0, 0.1) is 11.8 Å². The molecule has 1 saturated carbocycles. The first-order valence-corrected chi connectivity index (χ1v) is 11.7. The maximum absolute atomic E-state index is 13.0. The average Bonchev–Trinajstić information content (AvgIpc) is 3.21. The van der Waals surface area contributed by atoms with Crippen molar-refractivity contribution in [1.29, 1.82) is 0 Å². The summed E-state index contributed by atoms with van der Waals surface area (Å²) in [5.41, 5.74) is 2.32. The molecule has 1 heterocycles. The number of carbonyl (C=O) groups is 2. The van der Waals surface area contributed by atoms with E-state index in [4.69, 9.17) is 4.74 Å². The molecule has 0 aromatic heterocycles. The molecule has 1 N–H and O–H groups in total. The maximum atomic E-state index is 13.0. The highest BCUT2D eigenvalue weighted by Gasteiger charge is 2.37. The fraction of sp³-hybridized carbons (Fsp3) is 0.538. The summed E-state index contributed by atoms with van der Waals surface area (Å²) in [6.45, 7) is 4.09. The van der Waals surface area contributed by atoms with E-state index in [9.17, 15) is 9.59 Å². The van der Waals surface area contributed by atoms with Crippen molar-refractivity contribution in [3.8, 4) is 0 Å². The summed E-state index contributed by atoms with van der Waals surface area (Å²) in [4.78, 5) is 27.9. The summed E-state index contributed by atoms with van der Waals surface area (Å²) in [6.07, 6.45) is 12.1. The maximum Gasteiger partial charge on any atom is 0.235 e. The van der Waals surface area contributed by atoms with Crippen LogP contribution in [0.5, 0.6) is 0 Å². The summed E-state index contributed by atoms with van der Waals surface area (Å²) >= 11 is 0. The molecule has 1 saturated heterocycles. The van der Waals surface area contributed by atoms with E-state index >= 15 is 0 Å². The molecule has 31 heavy (non-hydrogen) atoms. The first-order valence-electron chi connectivity index (χ1n) is 11.7. The number of allylic oxidation sites excluding steroid dienone is 2. The van der Waals surface area contributed by atoms with Crippen LogP contribution in [0.3, 0.4) is 0 Å². The largest absolute Gasteiger partial charge is 0.371 e. The van der Waals surface area contributed by atoms with Gasteiger partial charge in [0.15, 0.2) is 0 Å². The van der Waals surface area contributed by atoms with Gasteiger partial charge < -0.3 is 15.0 Å². The van der Waals surface area contributed by atoms with Crippen molar-refractivity contribution >= 4 is 11.8 Å². The molecule has 2 unspecified atom stereocenters. The van der Waals surface area contributed by atoms with Crippen LogP contribution in [0.2, 0.25) is 0 Å². The van der Waals surface area contributed by atoms with E-state index in [1.54, 1.807) is 0 Å².